The van der Waals surface area contributed by atoms with E-state index in [-0.39, 0.29) is 12.0 Å². The van der Waals surface area contributed by atoms with Gasteiger partial charge in [0.15, 0.2) is 6.23 Å². The van der Waals surface area contributed by atoms with E-state index >= 15 is 0 Å². The van der Waals surface area contributed by atoms with Gasteiger partial charge >= 0.3 is 5.97 Å². The molecule has 0 saturated carbocycles. The number of ether oxygens (including phenoxy) is 2. The Labute approximate surface area is 184 Å². The molecule has 4 N–H and O–H groups in total. The van der Waals surface area contributed by atoms with E-state index in [4.69, 9.17) is 27.9 Å². The number of rotatable bonds is 5. The lowest BCUT2D eigenvalue weighted by Gasteiger charge is -2.21. The molecule has 0 spiro atoms. The van der Waals surface area contributed by atoms with E-state index in [0.717, 1.165) is 0 Å². The fourth-order valence-corrected chi connectivity index (χ4v) is 3.32. The Morgan fingerprint density at radius 3 is 2.40 bits per heavy atom. The summed E-state index contributed by atoms with van der Waals surface area (Å²) in [5.41, 5.74) is 1.17. The van der Waals surface area contributed by atoms with Crippen LogP contribution in [-0.2, 0) is 14.3 Å². The summed E-state index contributed by atoms with van der Waals surface area (Å²) in [6.45, 7) is 7.14. The van der Waals surface area contributed by atoms with Gasteiger partial charge in [0.05, 0.1) is 34.3 Å². The largest absolute Gasteiger partial charge is 0.466 e. The smallest absolute Gasteiger partial charge is 0.302 e. The standard InChI is InChI=1S/C15H19Cl2N3O4.C4H8O2/c1-6(2)18-15-19-9-3-7(16)8(17)4-10(9)20(15)14-13(23)12(22)11(5-21)24-14;1-3-6-4(2)5/h3-4,6,11-14,21-23H,5H2,1-2H3,(H,18,19);3H2,1-2H3/t11-,12-,13-,14-;/m0./s1. The van der Waals surface area contributed by atoms with Crippen molar-refractivity contribution in [1.29, 1.82) is 0 Å². The van der Waals surface area contributed by atoms with E-state index in [1.54, 1.807) is 23.6 Å². The number of aliphatic hydroxyl groups is 3. The molecule has 11 heteroatoms. The summed E-state index contributed by atoms with van der Waals surface area (Å²) in [6.07, 6.45) is -4.22. The van der Waals surface area contributed by atoms with Gasteiger partial charge in [-0.1, -0.05) is 23.2 Å². The fourth-order valence-electron chi connectivity index (χ4n) is 3.00. The maximum Gasteiger partial charge on any atom is 0.302 e. The molecule has 1 fully saturated rings. The second-order valence-corrected chi connectivity index (χ2v) is 7.83. The van der Waals surface area contributed by atoms with Crippen LogP contribution in [0.3, 0.4) is 0 Å². The predicted octanol–water partition coefficient (Wildman–Crippen LogP) is 2.34. The van der Waals surface area contributed by atoms with Crippen LogP contribution in [0.25, 0.3) is 11.0 Å². The average Bonchev–Trinajstić information content (AvgIpc) is 3.12. The molecule has 1 aliphatic rings. The van der Waals surface area contributed by atoms with Crippen LogP contribution in [0, 0.1) is 0 Å². The monoisotopic (exact) mass is 463 g/mol. The minimum absolute atomic E-state index is 0.0728. The second kappa shape index (κ2) is 10.6. The minimum atomic E-state index is -1.22. The third-order valence-electron chi connectivity index (χ3n) is 4.27. The third kappa shape index (κ3) is 5.54. The van der Waals surface area contributed by atoms with Crippen molar-refractivity contribution < 1.29 is 29.6 Å². The number of esters is 1. The van der Waals surface area contributed by atoms with Gasteiger partial charge in [-0.3, -0.25) is 9.36 Å². The molecular weight excluding hydrogens is 437 g/mol. The number of hydrogen-bond donors (Lipinski definition) is 4. The predicted molar refractivity (Wildman–Crippen MR) is 114 cm³/mol. The molecule has 0 unspecified atom stereocenters. The Balaban J connectivity index is 0.000000469. The Morgan fingerprint density at radius 2 is 1.93 bits per heavy atom. The Bertz CT molecular complexity index is 876. The molecule has 0 aliphatic carbocycles. The minimum Gasteiger partial charge on any atom is -0.466 e. The summed E-state index contributed by atoms with van der Waals surface area (Å²) in [5.74, 6) is 0.241. The average molecular weight is 464 g/mol. The third-order valence-corrected chi connectivity index (χ3v) is 4.99. The lowest BCUT2D eigenvalue weighted by Crippen LogP contribution is -2.33. The van der Waals surface area contributed by atoms with Crippen molar-refractivity contribution in [3.8, 4) is 0 Å². The number of anilines is 1. The SMILES string of the molecule is CC(C)Nc1nc2cc(Cl)c(Cl)cc2n1[C@H]1O[C@@H](CO)[C@H](O)[C@@H]1O.CCOC(C)=O. The van der Waals surface area contributed by atoms with Crippen LogP contribution in [-0.4, -0.2) is 68.4 Å². The van der Waals surface area contributed by atoms with Crippen molar-refractivity contribution in [2.24, 2.45) is 0 Å². The first-order valence-electron chi connectivity index (χ1n) is 9.49. The molecule has 3 rings (SSSR count). The first kappa shape index (κ1) is 24.6. The highest BCUT2D eigenvalue weighted by Crippen LogP contribution is 2.37. The molecule has 2 heterocycles. The van der Waals surface area contributed by atoms with Gasteiger partial charge in [0, 0.05) is 13.0 Å². The van der Waals surface area contributed by atoms with E-state index in [2.05, 4.69) is 15.0 Å². The molecule has 4 atom stereocenters. The molecule has 0 bridgehead atoms. The number of nitrogens with one attached hydrogen (secondary N) is 1. The number of aliphatic hydroxyl groups excluding tert-OH is 3. The zero-order chi connectivity index (χ0) is 22.6. The Kier molecular flexibility index (Phi) is 8.72. The van der Waals surface area contributed by atoms with Crippen molar-refractivity contribution in [2.45, 2.75) is 58.3 Å². The molecule has 1 aromatic carbocycles. The lowest BCUT2D eigenvalue weighted by molar-refractivity contribution is -0.140. The molecular formula is C19H27Cl2N3O6. The van der Waals surface area contributed by atoms with Gasteiger partial charge in [-0.2, -0.15) is 0 Å². The summed E-state index contributed by atoms with van der Waals surface area (Å²) < 4.78 is 11.7. The quantitative estimate of drug-likeness (QED) is 0.497. The molecule has 168 valence electrons. The van der Waals surface area contributed by atoms with E-state index in [0.29, 0.717) is 33.6 Å². The number of aromatic nitrogens is 2. The molecule has 1 saturated heterocycles. The summed E-state index contributed by atoms with van der Waals surface area (Å²) in [4.78, 5) is 14.3. The Hall–Kier alpha value is -1.62. The van der Waals surface area contributed by atoms with Crippen LogP contribution < -0.4 is 5.32 Å². The lowest BCUT2D eigenvalue weighted by atomic mass is 10.1. The maximum atomic E-state index is 10.4. The van der Waals surface area contributed by atoms with Gasteiger partial charge < -0.3 is 30.1 Å². The number of benzene rings is 1. The zero-order valence-electron chi connectivity index (χ0n) is 17.2. The van der Waals surface area contributed by atoms with Crippen LogP contribution in [0.4, 0.5) is 5.95 Å². The van der Waals surface area contributed by atoms with Crippen LogP contribution in [0.2, 0.25) is 10.0 Å². The van der Waals surface area contributed by atoms with Crippen molar-refractivity contribution in [1.82, 2.24) is 9.55 Å². The van der Waals surface area contributed by atoms with Crippen molar-refractivity contribution in [3.63, 3.8) is 0 Å². The van der Waals surface area contributed by atoms with Gasteiger partial charge in [-0.25, -0.2) is 4.98 Å². The van der Waals surface area contributed by atoms with Gasteiger partial charge in [-0.05, 0) is 32.9 Å². The van der Waals surface area contributed by atoms with E-state index in [9.17, 15) is 20.1 Å². The summed E-state index contributed by atoms with van der Waals surface area (Å²) in [6, 6.07) is 3.33. The van der Waals surface area contributed by atoms with Crippen LogP contribution in [0.15, 0.2) is 12.1 Å². The highest BCUT2D eigenvalue weighted by Gasteiger charge is 2.44. The number of halogens is 2. The summed E-state index contributed by atoms with van der Waals surface area (Å²) >= 11 is 12.2. The van der Waals surface area contributed by atoms with Gasteiger partial charge in [-0.15, -0.1) is 0 Å². The Morgan fingerprint density at radius 1 is 1.30 bits per heavy atom. The molecule has 0 amide bonds. The van der Waals surface area contributed by atoms with Gasteiger partial charge in [0.25, 0.3) is 0 Å². The van der Waals surface area contributed by atoms with Crippen LogP contribution >= 0.6 is 23.2 Å². The molecule has 0 radical (unpaired) electrons. The number of fused-ring (bicyclic) bond motifs is 1. The number of carbonyl (C=O) groups excluding carboxylic acids is 1. The topological polar surface area (TPSA) is 126 Å². The first-order valence-corrected chi connectivity index (χ1v) is 10.3. The highest BCUT2D eigenvalue weighted by molar-refractivity contribution is 6.42. The number of carbonyl (C=O) groups is 1. The highest BCUT2D eigenvalue weighted by atomic mass is 35.5. The molecule has 9 nitrogen and oxygen atoms in total. The number of nitrogens with zero attached hydrogens (tertiary/aromatic N) is 2. The number of imidazole rings is 1. The van der Waals surface area contributed by atoms with Crippen LogP contribution in [0.5, 0.6) is 0 Å². The van der Waals surface area contributed by atoms with E-state index in [1.807, 2.05) is 13.8 Å². The van der Waals surface area contributed by atoms with E-state index < -0.39 is 31.1 Å². The molecule has 2 aromatic rings. The van der Waals surface area contributed by atoms with Crippen molar-refractivity contribution in [3.05, 3.63) is 22.2 Å². The first-order chi connectivity index (χ1) is 14.1. The summed E-state index contributed by atoms with van der Waals surface area (Å²) in [5, 5.41) is 33.6. The van der Waals surface area contributed by atoms with Crippen LogP contribution in [0.1, 0.15) is 33.9 Å². The molecule has 1 aromatic heterocycles. The van der Waals surface area contributed by atoms with E-state index in [1.165, 1.54) is 6.92 Å². The summed E-state index contributed by atoms with van der Waals surface area (Å²) in [7, 11) is 0. The number of hydrogen-bond acceptors (Lipinski definition) is 8. The van der Waals surface area contributed by atoms with Gasteiger partial charge in [0.1, 0.15) is 18.3 Å². The van der Waals surface area contributed by atoms with Gasteiger partial charge in [0.2, 0.25) is 5.95 Å². The zero-order valence-corrected chi connectivity index (χ0v) is 18.7. The second-order valence-electron chi connectivity index (χ2n) is 7.01. The fraction of sp³-hybridized carbons (Fsp3) is 0.579. The molecule has 30 heavy (non-hydrogen) atoms. The normalized spacial score (nSPS) is 23.4. The van der Waals surface area contributed by atoms with Crippen molar-refractivity contribution >= 4 is 46.2 Å². The van der Waals surface area contributed by atoms with Crippen molar-refractivity contribution in [2.75, 3.05) is 18.5 Å². The maximum absolute atomic E-state index is 10.4. The molecule has 1 aliphatic heterocycles.